The quantitative estimate of drug-likeness (QED) is 0.549. The van der Waals surface area contributed by atoms with E-state index in [1.54, 1.807) is 18.3 Å². The lowest BCUT2D eigenvalue weighted by Gasteiger charge is -2.25. The summed E-state index contributed by atoms with van der Waals surface area (Å²) in [7, 11) is 0. The smallest absolute Gasteiger partial charge is 0.408 e. The molecule has 0 spiro atoms. The largest absolute Gasteiger partial charge is 0.480 e. The van der Waals surface area contributed by atoms with Crippen molar-refractivity contribution in [2.75, 3.05) is 0 Å². The Bertz CT molecular complexity index is 774. The summed E-state index contributed by atoms with van der Waals surface area (Å²) in [5, 5.41) is 14.0. The lowest BCUT2D eigenvalue weighted by atomic mass is 10.0. The maximum atomic E-state index is 12.5. The number of aromatic amines is 1. The highest BCUT2D eigenvalue weighted by Gasteiger charge is 2.33. The van der Waals surface area contributed by atoms with Gasteiger partial charge in [-0.25, -0.2) is 14.6 Å². The number of amides is 2. The van der Waals surface area contributed by atoms with Crippen LogP contribution in [0.15, 0.2) is 42.9 Å². The van der Waals surface area contributed by atoms with Crippen molar-refractivity contribution in [3.63, 3.8) is 0 Å². The molecule has 0 bridgehead atoms. The second kappa shape index (κ2) is 8.84. The van der Waals surface area contributed by atoms with Crippen LogP contribution in [0.2, 0.25) is 0 Å². The van der Waals surface area contributed by atoms with Gasteiger partial charge in [-0.05, 0) is 19.4 Å². The van der Waals surface area contributed by atoms with Crippen molar-refractivity contribution in [3.8, 4) is 0 Å². The minimum absolute atomic E-state index is 0.0457. The predicted molar refractivity (Wildman–Crippen MR) is 95.7 cm³/mol. The van der Waals surface area contributed by atoms with Crippen LogP contribution in [-0.2, 0) is 27.4 Å². The summed E-state index contributed by atoms with van der Waals surface area (Å²) >= 11 is 0. The molecule has 0 radical (unpaired) electrons. The summed E-state index contributed by atoms with van der Waals surface area (Å²) in [4.78, 5) is 42.6. The van der Waals surface area contributed by atoms with Crippen molar-refractivity contribution in [2.24, 2.45) is 0 Å². The number of nitrogens with zero attached hydrogens (tertiary/aromatic N) is 1. The Hall–Kier alpha value is -3.36. The van der Waals surface area contributed by atoms with Gasteiger partial charge < -0.3 is 25.5 Å². The van der Waals surface area contributed by atoms with E-state index in [1.165, 1.54) is 20.2 Å². The number of carbonyl (C=O) groups excluding carboxylic acids is 2. The van der Waals surface area contributed by atoms with Gasteiger partial charge in [0.2, 0.25) is 5.91 Å². The molecule has 0 aliphatic carbocycles. The van der Waals surface area contributed by atoms with E-state index in [0.29, 0.717) is 5.69 Å². The van der Waals surface area contributed by atoms with Crippen LogP contribution in [0.3, 0.4) is 0 Å². The van der Waals surface area contributed by atoms with E-state index >= 15 is 0 Å². The first-order chi connectivity index (χ1) is 12.8. The molecule has 0 aliphatic rings. The maximum absolute atomic E-state index is 12.5. The van der Waals surface area contributed by atoms with E-state index in [-0.39, 0.29) is 13.0 Å². The molecule has 0 fully saturated rings. The molecule has 1 heterocycles. The molecule has 27 heavy (non-hydrogen) atoms. The standard InChI is InChI=1S/C18H22N4O5/c1-18(2,16(24)25)22-15(23)14(8-13-9-19-11-20-13)21-17(26)27-10-12-6-4-3-5-7-12/h3-7,9,11,14H,8,10H2,1-2H3,(H,19,20)(H,21,26)(H,22,23)(H,24,25)/t14-/m0/s1. The molecule has 0 unspecified atom stereocenters. The van der Waals surface area contributed by atoms with E-state index < -0.39 is 29.6 Å². The molecule has 2 amide bonds. The molecule has 9 nitrogen and oxygen atoms in total. The molecule has 4 N–H and O–H groups in total. The number of aromatic nitrogens is 2. The fourth-order valence-corrected chi connectivity index (χ4v) is 2.18. The monoisotopic (exact) mass is 374 g/mol. The summed E-state index contributed by atoms with van der Waals surface area (Å²) in [6, 6.07) is 8.04. The Kier molecular flexibility index (Phi) is 6.53. The van der Waals surface area contributed by atoms with Crippen molar-refractivity contribution in [2.45, 2.75) is 38.5 Å². The Morgan fingerprint density at radius 2 is 1.96 bits per heavy atom. The number of ether oxygens (including phenoxy) is 1. The van der Waals surface area contributed by atoms with Gasteiger partial charge in [-0.3, -0.25) is 4.79 Å². The van der Waals surface area contributed by atoms with Crippen LogP contribution in [0.5, 0.6) is 0 Å². The highest BCUT2D eigenvalue weighted by atomic mass is 16.5. The number of imidazole rings is 1. The van der Waals surface area contributed by atoms with Gasteiger partial charge in [-0.2, -0.15) is 0 Å². The SMILES string of the molecule is CC(C)(NC(=O)[C@H](Cc1c[nH]cn1)NC(=O)OCc1ccccc1)C(=O)O. The van der Waals surface area contributed by atoms with Crippen molar-refractivity contribution < 1.29 is 24.2 Å². The average Bonchev–Trinajstić information content (AvgIpc) is 3.13. The summed E-state index contributed by atoms with van der Waals surface area (Å²) in [6.07, 6.45) is 2.31. The number of hydrogen-bond donors (Lipinski definition) is 4. The Morgan fingerprint density at radius 3 is 2.56 bits per heavy atom. The van der Waals surface area contributed by atoms with Gasteiger partial charge in [-0.15, -0.1) is 0 Å². The summed E-state index contributed by atoms with van der Waals surface area (Å²) < 4.78 is 5.13. The molecule has 2 aromatic rings. The normalized spacial score (nSPS) is 12.1. The molecule has 0 aliphatic heterocycles. The van der Waals surface area contributed by atoms with Crippen molar-refractivity contribution in [1.29, 1.82) is 0 Å². The van der Waals surface area contributed by atoms with Crippen LogP contribution in [0, 0.1) is 0 Å². The number of benzene rings is 1. The zero-order chi connectivity index (χ0) is 19.9. The third-order valence-electron chi connectivity index (χ3n) is 3.76. The minimum Gasteiger partial charge on any atom is -0.480 e. The Balaban J connectivity index is 2.01. The lowest BCUT2D eigenvalue weighted by molar-refractivity contribution is -0.146. The topological polar surface area (TPSA) is 133 Å². The second-order valence-electron chi connectivity index (χ2n) is 6.44. The van der Waals surface area contributed by atoms with Gasteiger partial charge in [0.25, 0.3) is 0 Å². The molecule has 1 atom stereocenters. The Labute approximate surface area is 156 Å². The van der Waals surface area contributed by atoms with E-state index in [2.05, 4.69) is 20.6 Å². The second-order valence-corrected chi connectivity index (χ2v) is 6.44. The van der Waals surface area contributed by atoms with Crippen molar-refractivity contribution >= 4 is 18.0 Å². The fourth-order valence-electron chi connectivity index (χ4n) is 2.18. The van der Waals surface area contributed by atoms with E-state index in [9.17, 15) is 19.5 Å². The van der Waals surface area contributed by atoms with Gasteiger partial charge >= 0.3 is 12.1 Å². The van der Waals surface area contributed by atoms with E-state index in [4.69, 9.17) is 4.74 Å². The van der Waals surface area contributed by atoms with Crippen LogP contribution in [0.4, 0.5) is 4.79 Å². The first kappa shape index (κ1) is 20.0. The van der Waals surface area contributed by atoms with Gasteiger partial charge in [0.05, 0.1) is 12.0 Å². The van der Waals surface area contributed by atoms with Crippen LogP contribution in [0.1, 0.15) is 25.1 Å². The fraction of sp³-hybridized carbons (Fsp3) is 0.333. The molecular formula is C18H22N4O5. The predicted octanol–water partition coefficient (Wildman–Crippen LogP) is 1.23. The highest BCUT2D eigenvalue weighted by molar-refractivity contribution is 5.91. The minimum atomic E-state index is -1.49. The third-order valence-corrected chi connectivity index (χ3v) is 3.76. The van der Waals surface area contributed by atoms with E-state index in [0.717, 1.165) is 5.56 Å². The number of carboxylic acids is 1. The average molecular weight is 374 g/mol. The van der Waals surface area contributed by atoms with Gasteiger partial charge in [-0.1, -0.05) is 30.3 Å². The highest BCUT2D eigenvalue weighted by Crippen LogP contribution is 2.06. The van der Waals surface area contributed by atoms with Crippen LogP contribution in [-0.4, -0.2) is 44.6 Å². The summed E-state index contributed by atoms with van der Waals surface area (Å²) in [5.74, 6) is -1.84. The number of carbonyl (C=O) groups is 3. The number of alkyl carbamates (subject to hydrolysis) is 1. The zero-order valence-electron chi connectivity index (χ0n) is 15.1. The summed E-state index contributed by atoms with van der Waals surface area (Å²) in [6.45, 7) is 2.75. The number of nitrogens with one attached hydrogen (secondary N) is 3. The van der Waals surface area contributed by atoms with Crippen LogP contribution in [0.25, 0.3) is 0 Å². The molecule has 144 valence electrons. The molecule has 9 heteroatoms. The van der Waals surface area contributed by atoms with Gasteiger partial charge in [0, 0.05) is 12.6 Å². The maximum Gasteiger partial charge on any atom is 0.408 e. The van der Waals surface area contributed by atoms with Crippen LogP contribution < -0.4 is 10.6 Å². The summed E-state index contributed by atoms with van der Waals surface area (Å²) in [5.41, 5.74) is -0.157. The Morgan fingerprint density at radius 1 is 1.26 bits per heavy atom. The van der Waals surface area contributed by atoms with Gasteiger partial charge in [0.1, 0.15) is 18.2 Å². The third kappa shape index (κ3) is 6.14. The number of hydrogen-bond acceptors (Lipinski definition) is 5. The number of H-pyrrole nitrogens is 1. The molecule has 1 aromatic heterocycles. The molecule has 1 aromatic carbocycles. The van der Waals surface area contributed by atoms with Crippen LogP contribution >= 0.6 is 0 Å². The number of rotatable bonds is 8. The van der Waals surface area contributed by atoms with E-state index in [1.807, 2.05) is 18.2 Å². The zero-order valence-corrected chi connectivity index (χ0v) is 15.1. The first-order valence-corrected chi connectivity index (χ1v) is 8.28. The molecule has 0 saturated heterocycles. The lowest BCUT2D eigenvalue weighted by Crippen LogP contribution is -2.57. The number of carboxylic acid groups (broad SMARTS) is 1. The van der Waals surface area contributed by atoms with Crippen molar-refractivity contribution in [1.82, 2.24) is 20.6 Å². The van der Waals surface area contributed by atoms with Crippen molar-refractivity contribution in [3.05, 3.63) is 54.1 Å². The number of aliphatic carboxylic acids is 1. The van der Waals surface area contributed by atoms with Gasteiger partial charge in [0.15, 0.2) is 0 Å². The molecule has 0 saturated carbocycles. The molecule has 2 rings (SSSR count). The molecular weight excluding hydrogens is 352 g/mol. The first-order valence-electron chi connectivity index (χ1n) is 8.28.